The van der Waals surface area contributed by atoms with Gasteiger partial charge in [-0.25, -0.2) is 9.97 Å². The third-order valence-electron chi connectivity index (χ3n) is 5.85. The smallest absolute Gasteiger partial charge is 0.223 e. The molecular weight excluding hydrogens is 314 g/mol. The van der Waals surface area contributed by atoms with E-state index in [9.17, 15) is 4.79 Å². The Labute approximate surface area is 147 Å². The van der Waals surface area contributed by atoms with Crippen LogP contribution in [0.25, 0.3) is 5.82 Å². The summed E-state index contributed by atoms with van der Waals surface area (Å²) in [7, 11) is 0. The fraction of sp³-hybridized carbons (Fsp3) is 0.526. The number of carbonyl (C=O) groups is 1. The van der Waals surface area contributed by atoms with Crippen LogP contribution in [0.5, 0.6) is 0 Å². The Balaban J connectivity index is 1.42. The number of amides is 1. The van der Waals surface area contributed by atoms with E-state index in [4.69, 9.17) is 5.73 Å². The highest BCUT2D eigenvalue weighted by Crippen LogP contribution is 2.41. The quantitative estimate of drug-likeness (QED) is 0.892. The molecule has 2 heterocycles. The molecule has 2 atom stereocenters. The van der Waals surface area contributed by atoms with Crippen molar-refractivity contribution in [3.8, 4) is 5.82 Å². The first-order chi connectivity index (χ1) is 12.2. The van der Waals surface area contributed by atoms with Crippen LogP contribution in [0.15, 0.2) is 37.1 Å². The van der Waals surface area contributed by atoms with E-state index in [1.165, 1.54) is 19.3 Å². The van der Waals surface area contributed by atoms with Gasteiger partial charge in [0.1, 0.15) is 12.1 Å². The summed E-state index contributed by atoms with van der Waals surface area (Å²) in [5, 5.41) is 3.12. The lowest BCUT2D eigenvalue weighted by Crippen LogP contribution is -2.49. The van der Waals surface area contributed by atoms with E-state index in [1.807, 2.05) is 22.9 Å². The molecule has 2 fully saturated rings. The summed E-state index contributed by atoms with van der Waals surface area (Å²) >= 11 is 0. The molecule has 6 heteroatoms. The van der Waals surface area contributed by atoms with Gasteiger partial charge in [0, 0.05) is 42.7 Å². The lowest BCUT2D eigenvalue weighted by atomic mass is 9.65. The minimum atomic E-state index is 0.100. The lowest BCUT2D eigenvalue weighted by Gasteiger charge is -2.43. The molecule has 2 aliphatic carbocycles. The van der Waals surface area contributed by atoms with Crippen molar-refractivity contribution in [2.45, 2.75) is 44.7 Å². The fourth-order valence-corrected chi connectivity index (χ4v) is 4.52. The molecule has 2 aromatic rings. The number of nitrogens with zero attached hydrogens (tertiary/aromatic N) is 3. The number of hydrogen-bond donors (Lipinski definition) is 2. The standard InChI is InChI=1S/C19H25N5O/c20-17-13-3-1-4-14(17)10-16(9-13)19(25)23-11-15-5-2-6-22-18(15)24-8-7-21-12-24/h2,5-8,12-14,16-17H,1,3-4,9-11,20H2,(H,23,25). The number of fused-ring (bicyclic) bond motifs is 2. The molecular formula is C19H25N5O. The van der Waals surface area contributed by atoms with Crippen molar-refractivity contribution in [1.29, 1.82) is 0 Å². The Morgan fingerprint density at radius 3 is 2.80 bits per heavy atom. The zero-order valence-corrected chi connectivity index (χ0v) is 14.3. The van der Waals surface area contributed by atoms with Crippen LogP contribution in [0.2, 0.25) is 0 Å². The molecule has 1 amide bonds. The van der Waals surface area contributed by atoms with Crippen molar-refractivity contribution in [3.05, 3.63) is 42.6 Å². The Morgan fingerprint density at radius 1 is 1.28 bits per heavy atom. The predicted octanol–water partition coefficient (Wildman–Crippen LogP) is 2.04. The average Bonchev–Trinajstić information content (AvgIpc) is 3.14. The van der Waals surface area contributed by atoms with Gasteiger partial charge < -0.3 is 11.1 Å². The number of carbonyl (C=O) groups excluding carboxylic acids is 1. The highest BCUT2D eigenvalue weighted by molar-refractivity contribution is 5.78. The predicted molar refractivity (Wildman–Crippen MR) is 94.7 cm³/mol. The Kier molecular flexibility index (Phi) is 4.53. The fourth-order valence-electron chi connectivity index (χ4n) is 4.52. The summed E-state index contributed by atoms with van der Waals surface area (Å²) < 4.78 is 1.87. The number of nitrogens with two attached hydrogens (primary N) is 1. The van der Waals surface area contributed by atoms with E-state index < -0.39 is 0 Å². The summed E-state index contributed by atoms with van der Waals surface area (Å²) in [5.74, 6) is 2.10. The largest absolute Gasteiger partial charge is 0.352 e. The van der Waals surface area contributed by atoms with Crippen molar-refractivity contribution in [2.24, 2.45) is 23.5 Å². The molecule has 0 radical (unpaired) electrons. The minimum absolute atomic E-state index is 0.100. The van der Waals surface area contributed by atoms with E-state index in [1.54, 1.807) is 18.7 Å². The molecule has 3 N–H and O–H groups in total. The lowest BCUT2D eigenvalue weighted by molar-refractivity contribution is -0.128. The summed E-state index contributed by atoms with van der Waals surface area (Å²) in [6.07, 6.45) is 12.5. The van der Waals surface area contributed by atoms with Crippen molar-refractivity contribution >= 4 is 5.91 Å². The zero-order chi connectivity index (χ0) is 17.2. The molecule has 4 rings (SSSR count). The molecule has 2 saturated carbocycles. The van der Waals surface area contributed by atoms with E-state index in [-0.39, 0.29) is 11.8 Å². The third kappa shape index (κ3) is 3.31. The van der Waals surface area contributed by atoms with E-state index in [2.05, 4.69) is 15.3 Å². The third-order valence-corrected chi connectivity index (χ3v) is 5.85. The number of pyridine rings is 1. The first kappa shape index (κ1) is 16.3. The molecule has 6 nitrogen and oxygen atoms in total. The molecule has 2 unspecified atom stereocenters. The molecule has 25 heavy (non-hydrogen) atoms. The summed E-state index contributed by atoms with van der Waals surface area (Å²) in [6, 6.07) is 4.18. The highest BCUT2D eigenvalue weighted by Gasteiger charge is 2.40. The van der Waals surface area contributed by atoms with Crippen LogP contribution in [0, 0.1) is 17.8 Å². The number of imidazole rings is 1. The number of hydrogen-bond acceptors (Lipinski definition) is 4. The average molecular weight is 339 g/mol. The molecule has 2 aromatic heterocycles. The summed E-state index contributed by atoms with van der Waals surface area (Å²) in [6.45, 7) is 0.484. The number of rotatable bonds is 4. The minimum Gasteiger partial charge on any atom is -0.352 e. The van der Waals surface area contributed by atoms with Crippen molar-refractivity contribution in [1.82, 2.24) is 19.9 Å². The first-order valence-corrected chi connectivity index (χ1v) is 9.18. The van der Waals surface area contributed by atoms with E-state index in [0.29, 0.717) is 24.4 Å². The Morgan fingerprint density at radius 2 is 2.08 bits per heavy atom. The topological polar surface area (TPSA) is 85.8 Å². The second-order valence-corrected chi connectivity index (χ2v) is 7.37. The van der Waals surface area contributed by atoms with Gasteiger partial charge in [-0.1, -0.05) is 12.5 Å². The number of aromatic nitrogens is 3. The van der Waals surface area contributed by atoms with Gasteiger partial charge in [0.25, 0.3) is 0 Å². The molecule has 2 aliphatic rings. The summed E-state index contributed by atoms with van der Waals surface area (Å²) in [4.78, 5) is 21.2. The van der Waals surface area contributed by atoms with Crippen LogP contribution in [-0.4, -0.2) is 26.5 Å². The van der Waals surface area contributed by atoms with Gasteiger partial charge in [-0.15, -0.1) is 0 Å². The molecule has 0 aromatic carbocycles. The maximum Gasteiger partial charge on any atom is 0.223 e. The van der Waals surface area contributed by atoms with Gasteiger partial charge in [0.2, 0.25) is 5.91 Å². The van der Waals surface area contributed by atoms with Crippen LogP contribution >= 0.6 is 0 Å². The Bertz CT molecular complexity index is 715. The SMILES string of the molecule is NC1C2CCCC1CC(C(=O)NCc1cccnc1-n1ccnc1)C2. The van der Waals surface area contributed by atoms with Gasteiger partial charge in [-0.2, -0.15) is 0 Å². The molecule has 132 valence electrons. The van der Waals surface area contributed by atoms with Gasteiger partial charge in [0.15, 0.2) is 0 Å². The molecule has 0 saturated heterocycles. The summed E-state index contributed by atoms with van der Waals surface area (Å²) in [5.41, 5.74) is 7.32. The van der Waals surface area contributed by atoms with Crippen molar-refractivity contribution in [2.75, 3.05) is 0 Å². The van der Waals surface area contributed by atoms with Crippen LogP contribution in [0.4, 0.5) is 0 Å². The van der Waals surface area contributed by atoms with E-state index >= 15 is 0 Å². The maximum absolute atomic E-state index is 12.7. The Hall–Kier alpha value is -2.21. The van der Waals surface area contributed by atoms with Gasteiger partial charge in [-0.05, 0) is 43.6 Å². The molecule has 0 aliphatic heterocycles. The second-order valence-electron chi connectivity index (χ2n) is 7.37. The van der Waals surface area contributed by atoms with Gasteiger partial charge in [0.05, 0.1) is 0 Å². The monoisotopic (exact) mass is 339 g/mol. The van der Waals surface area contributed by atoms with Crippen LogP contribution in [0.1, 0.15) is 37.7 Å². The molecule has 0 spiro atoms. The van der Waals surface area contributed by atoms with Gasteiger partial charge in [-0.3, -0.25) is 9.36 Å². The van der Waals surface area contributed by atoms with Crippen molar-refractivity contribution < 1.29 is 4.79 Å². The second kappa shape index (κ2) is 6.96. The van der Waals surface area contributed by atoms with Crippen LogP contribution in [-0.2, 0) is 11.3 Å². The van der Waals surface area contributed by atoms with Gasteiger partial charge >= 0.3 is 0 Å². The first-order valence-electron chi connectivity index (χ1n) is 9.18. The normalized spacial score (nSPS) is 28.5. The molecule has 2 bridgehead atoms. The highest BCUT2D eigenvalue weighted by atomic mass is 16.1. The van der Waals surface area contributed by atoms with Crippen LogP contribution < -0.4 is 11.1 Å². The number of nitrogens with one attached hydrogen (secondary N) is 1. The van der Waals surface area contributed by atoms with Crippen LogP contribution in [0.3, 0.4) is 0 Å². The zero-order valence-electron chi connectivity index (χ0n) is 14.3. The maximum atomic E-state index is 12.7. The van der Waals surface area contributed by atoms with E-state index in [0.717, 1.165) is 24.2 Å². The van der Waals surface area contributed by atoms with Crippen molar-refractivity contribution in [3.63, 3.8) is 0 Å².